The molecule has 0 fully saturated rings. The molecule has 0 spiro atoms. The first-order chi connectivity index (χ1) is 23.2. The lowest BCUT2D eigenvalue weighted by atomic mass is 9.94. The fourth-order valence-electron chi connectivity index (χ4n) is 5.44. The molecule has 1 aliphatic rings. The highest BCUT2D eigenvalue weighted by Gasteiger charge is 2.35. The summed E-state index contributed by atoms with van der Waals surface area (Å²) in [6.07, 6.45) is 0. The first-order valence-corrected chi connectivity index (χ1v) is 17.7. The van der Waals surface area contributed by atoms with Gasteiger partial charge >= 0.3 is 0 Å². The van der Waals surface area contributed by atoms with Crippen LogP contribution in [0.3, 0.4) is 0 Å². The molecule has 0 radical (unpaired) electrons. The van der Waals surface area contributed by atoms with Gasteiger partial charge in [0.1, 0.15) is 12.6 Å². The molecule has 1 unspecified atom stereocenters. The minimum absolute atomic E-state index is 0.250. The van der Waals surface area contributed by atoms with Crippen LogP contribution < -0.4 is 20.1 Å². The maximum absolute atomic E-state index is 14.2. The third-order valence-corrected chi connectivity index (χ3v) is 9.78. The summed E-state index contributed by atoms with van der Waals surface area (Å²) in [7, 11) is 0. The van der Waals surface area contributed by atoms with Gasteiger partial charge in [-0.25, -0.2) is 4.68 Å². The molecule has 48 heavy (non-hydrogen) atoms. The molecule has 5 aromatic rings. The summed E-state index contributed by atoms with van der Waals surface area (Å²) in [6.45, 7) is 8.63. The van der Waals surface area contributed by atoms with Crippen molar-refractivity contribution in [3.8, 4) is 11.5 Å². The van der Waals surface area contributed by atoms with Gasteiger partial charge in [0.05, 0.1) is 16.7 Å². The summed E-state index contributed by atoms with van der Waals surface area (Å²) in [5, 5.41) is 12.6. The Bertz CT molecular complexity index is 2000. The standard InChI is InChI=1S/C37H35BrClN5O3S/c1-5-46-31-19-27(18-28(38)34(31)47-20-25-16-14-22(2)15-17-25)33-32(35(45)41-30-13-9-6-10-23(30)3)24(4)40-36-42-37(43-44(33)36)48-21-26-11-7-8-12-29(26)39/h6-19,33H,5,20-21H2,1-4H3,(H,41,45)(H,40,42,43). The summed E-state index contributed by atoms with van der Waals surface area (Å²) >= 11 is 11.7. The zero-order chi connectivity index (χ0) is 33.8. The second kappa shape index (κ2) is 14.9. The van der Waals surface area contributed by atoms with Crippen molar-refractivity contribution < 1.29 is 14.3 Å². The van der Waals surface area contributed by atoms with Crippen molar-refractivity contribution in [2.45, 2.75) is 51.3 Å². The number of hydrogen-bond donors (Lipinski definition) is 2. The van der Waals surface area contributed by atoms with E-state index < -0.39 is 6.04 Å². The lowest BCUT2D eigenvalue weighted by Gasteiger charge is -2.29. The van der Waals surface area contributed by atoms with Gasteiger partial charge in [-0.1, -0.05) is 89.6 Å². The summed E-state index contributed by atoms with van der Waals surface area (Å²) < 4.78 is 14.9. The van der Waals surface area contributed by atoms with Gasteiger partial charge in [0.2, 0.25) is 11.1 Å². The molecule has 1 aliphatic heterocycles. The van der Waals surface area contributed by atoms with E-state index >= 15 is 0 Å². The zero-order valence-corrected chi connectivity index (χ0v) is 30.2. The number of rotatable bonds is 11. The normalized spacial score (nSPS) is 13.9. The van der Waals surface area contributed by atoms with Crippen LogP contribution in [-0.2, 0) is 17.2 Å². The molecule has 1 aromatic heterocycles. The third kappa shape index (κ3) is 7.41. The van der Waals surface area contributed by atoms with E-state index in [2.05, 4.69) is 45.6 Å². The number of anilines is 2. The summed E-state index contributed by atoms with van der Waals surface area (Å²) in [4.78, 5) is 19.0. The fourth-order valence-corrected chi connectivity index (χ4v) is 7.13. The zero-order valence-electron chi connectivity index (χ0n) is 27.0. The van der Waals surface area contributed by atoms with Gasteiger partial charge in [-0.3, -0.25) is 4.79 Å². The predicted octanol–water partition coefficient (Wildman–Crippen LogP) is 9.51. The van der Waals surface area contributed by atoms with Gasteiger partial charge in [0, 0.05) is 22.2 Å². The van der Waals surface area contributed by atoms with Crippen LogP contribution in [-0.4, -0.2) is 27.3 Å². The maximum Gasteiger partial charge on any atom is 0.255 e. The van der Waals surface area contributed by atoms with Crippen LogP contribution >= 0.6 is 39.3 Å². The minimum atomic E-state index is -0.630. The van der Waals surface area contributed by atoms with Crippen LogP contribution in [0.4, 0.5) is 11.6 Å². The number of thioether (sulfide) groups is 1. The molecule has 4 aromatic carbocycles. The Morgan fingerprint density at radius 1 is 1.02 bits per heavy atom. The van der Waals surface area contributed by atoms with Gasteiger partial charge < -0.3 is 20.1 Å². The van der Waals surface area contributed by atoms with Crippen molar-refractivity contribution in [2.75, 3.05) is 17.2 Å². The van der Waals surface area contributed by atoms with E-state index in [0.717, 1.165) is 27.9 Å². The van der Waals surface area contributed by atoms with Crippen LogP contribution in [0, 0.1) is 13.8 Å². The first-order valence-electron chi connectivity index (χ1n) is 15.5. The Morgan fingerprint density at radius 3 is 2.52 bits per heavy atom. The van der Waals surface area contributed by atoms with Gasteiger partial charge in [-0.15, -0.1) is 5.10 Å². The number of nitrogens with zero attached hydrogens (tertiary/aromatic N) is 3. The summed E-state index contributed by atoms with van der Waals surface area (Å²) in [5.74, 6) is 2.00. The van der Waals surface area contributed by atoms with Crippen molar-refractivity contribution in [3.63, 3.8) is 0 Å². The molecule has 0 saturated carbocycles. The van der Waals surface area contributed by atoms with Gasteiger partial charge in [0.15, 0.2) is 11.5 Å². The number of aromatic nitrogens is 3. The van der Waals surface area contributed by atoms with Crippen LogP contribution in [0.2, 0.25) is 5.02 Å². The topological polar surface area (TPSA) is 90.3 Å². The molecule has 6 rings (SSSR count). The van der Waals surface area contributed by atoms with Crippen LogP contribution in [0.25, 0.3) is 0 Å². The second-order valence-corrected chi connectivity index (χ2v) is 13.6. The fraction of sp³-hybridized carbons (Fsp3) is 0.216. The lowest BCUT2D eigenvalue weighted by Crippen LogP contribution is -2.31. The van der Waals surface area contributed by atoms with Gasteiger partial charge in [-0.2, -0.15) is 4.98 Å². The number of ether oxygens (including phenoxy) is 2. The van der Waals surface area contributed by atoms with Crippen molar-refractivity contribution in [1.82, 2.24) is 14.8 Å². The van der Waals surface area contributed by atoms with Crippen molar-refractivity contribution >= 4 is 56.8 Å². The monoisotopic (exact) mass is 743 g/mol. The number of nitrogens with one attached hydrogen (secondary N) is 2. The molecule has 1 amide bonds. The molecule has 0 aliphatic carbocycles. The predicted molar refractivity (Wildman–Crippen MR) is 196 cm³/mol. The second-order valence-electron chi connectivity index (χ2n) is 11.4. The van der Waals surface area contributed by atoms with Crippen molar-refractivity contribution in [1.29, 1.82) is 0 Å². The molecular weight excluding hydrogens is 710 g/mol. The quantitative estimate of drug-likeness (QED) is 0.130. The van der Waals surface area contributed by atoms with Crippen LogP contribution in [0.1, 0.15) is 47.7 Å². The molecule has 11 heteroatoms. The summed E-state index contributed by atoms with van der Waals surface area (Å²) in [6, 6.07) is 26.9. The number of carbonyl (C=O) groups excluding carboxylic acids is 1. The third-order valence-electron chi connectivity index (χ3n) is 7.94. The SMILES string of the molecule is CCOc1cc(C2C(C(=O)Nc3ccccc3C)=C(C)Nc3nc(SCc4ccccc4Cl)nn32)cc(Br)c1OCc1ccc(C)cc1. The maximum atomic E-state index is 14.2. The van der Waals surface area contributed by atoms with Crippen molar-refractivity contribution in [2.24, 2.45) is 0 Å². The number of fused-ring (bicyclic) bond motifs is 1. The first kappa shape index (κ1) is 33.6. The van der Waals surface area contributed by atoms with Gasteiger partial charge in [0.25, 0.3) is 5.91 Å². The minimum Gasteiger partial charge on any atom is -0.490 e. The molecule has 0 bridgehead atoms. The highest BCUT2D eigenvalue weighted by molar-refractivity contribution is 9.10. The molecular formula is C37H35BrClN5O3S. The van der Waals surface area contributed by atoms with E-state index in [1.54, 1.807) is 4.68 Å². The Morgan fingerprint density at radius 2 is 1.77 bits per heavy atom. The van der Waals surface area contributed by atoms with E-state index in [1.807, 2.05) is 93.6 Å². The van der Waals surface area contributed by atoms with E-state index in [0.29, 0.717) is 62.3 Å². The number of amides is 1. The number of carbonyl (C=O) groups is 1. The average molecular weight is 745 g/mol. The molecule has 0 saturated heterocycles. The molecule has 246 valence electrons. The molecule has 2 heterocycles. The highest BCUT2D eigenvalue weighted by atomic mass is 79.9. The highest BCUT2D eigenvalue weighted by Crippen LogP contribution is 2.44. The van der Waals surface area contributed by atoms with E-state index in [9.17, 15) is 4.79 Å². The number of aryl methyl sites for hydroxylation is 2. The van der Waals surface area contributed by atoms with E-state index in [-0.39, 0.29) is 5.91 Å². The van der Waals surface area contributed by atoms with Gasteiger partial charge in [-0.05, 0) is 90.1 Å². The molecule has 1 atom stereocenters. The summed E-state index contributed by atoms with van der Waals surface area (Å²) in [5.41, 5.74) is 6.85. The Hall–Kier alpha value is -4.25. The van der Waals surface area contributed by atoms with Crippen molar-refractivity contribution in [3.05, 3.63) is 134 Å². The number of allylic oxidation sites excluding steroid dienone is 1. The average Bonchev–Trinajstić information content (AvgIpc) is 3.47. The number of benzene rings is 4. The Labute approximate surface area is 298 Å². The Kier molecular flexibility index (Phi) is 10.4. The smallest absolute Gasteiger partial charge is 0.255 e. The number of halogens is 2. The largest absolute Gasteiger partial charge is 0.490 e. The van der Waals surface area contributed by atoms with Crippen LogP contribution in [0.5, 0.6) is 11.5 Å². The Balaban J connectivity index is 1.39. The van der Waals surface area contributed by atoms with E-state index in [4.69, 9.17) is 31.2 Å². The lowest BCUT2D eigenvalue weighted by molar-refractivity contribution is -0.113. The molecule has 2 N–H and O–H groups in total. The van der Waals surface area contributed by atoms with E-state index in [1.165, 1.54) is 17.3 Å². The number of para-hydroxylation sites is 1. The number of hydrogen-bond acceptors (Lipinski definition) is 7. The molecule has 8 nitrogen and oxygen atoms in total. The van der Waals surface area contributed by atoms with Crippen LogP contribution in [0.15, 0.2) is 106 Å².